The molecule has 0 saturated heterocycles. The Morgan fingerprint density at radius 2 is 1.97 bits per heavy atom. The summed E-state index contributed by atoms with van der Waals surface area (Å²) in [5, 5.41) is 11.5. The Hall–Kier alpha value is -3.48. The Morgan fingerprint density at radius 3 is 2.72 bits per heavy atom. The van der Waals surface area contributed by atoms with Gasteiger partial charge < -0.3 is 10.2 Å². The van der Waals surface area contributed by atoms with Gasteiger partial charge in [0.25, 0.3) is 5.91 Å². The van der Waals surface area contributed by atoms with Gasteiger partial charge in [-0.05, 0) is 30.7 Å². The Morgan fingerprint density at radius 1 is 1.17 bits per heavy atom. The molecule has 3 aromatic rings. The Bertz CT molecular complexity index is 1010. The summed E-state index contributed by atoms with van der Waals surface area (Å²) in [6.07, 6.45) is 2.44. The van der Waals surface area contributed by atoms with E-state index in [9.17, 15) is 4.79 Å². The summed E-state index contributed by atoms with van der Waals surface area (Å²) in [5.41, 5.74) is 3.23. The van der Waals surface area contributed by atoms with Crippen LogP contribution in [0.4, 0.5) is 0 Å². The van der Waals surface area contributed by atoms with Crippen LogP contribution in [-0.4, -0.2) is 39.0 Å². The van der Waals surface area contributed by atoms with E-state index in [1.807, 2.05) is 43.3 Å². The molecule has 148 valence electrons. The first-order valence-electron chi connectivity index (χ1n) is 9.64. The van der Waals surface area contributed by atoms with Gasteiger partial charge in [-0.3, -0.25) is 4.79 Å². The molecule has 0 spiro atoms. The number of amides is 1. The van der Waals surface area contributed by atoms with Crippen molar-refractivity contribution in [1.82, 2.24) is 20.1 Å². The molecule has 1 aliphatic rings. The van der Waals surface area contributed by atoms with E-state index in [0.29, 0.717) is 18.1 Å². The van der Waals surface area contributed by atoms with Gasteiger partial charge in [0, 0.05) is 18.5 Å². The molecule has 0 aliphatic carbocycles. The maximum atomic E-state index is 12.8. The average molecular weight is 389 g/mol. The van der Waals surface area contributed by atoms with Crippen molar-refractivity contribution in [2.75, 3.05) is 6.54 Å². The largest absolute Gasteiger partial charge is 0.391 e. The second-order valence-corrected chi connectivity index (χ2v) is 7.16. The van der Waals surface area contributed by atoms with Crippen molar-refractivity contribution >= 4 is 11.6 Å². The van der Waals surface area contributed by atoms with Crippen molar-refractivity contribution in [3.63, 3.8) is 0 Å². The Labute approximate surface area is 169 Å². The van der Waals surface area contributed by atoms with Gasteiger partial charge in [-0.1, -0.05) is 48.5 Å². The smallest absolute Gasteiger partial charge is 0.270 e. The summed E-state index contributed by atoms with van der Waals surface area (Å²) in [6.45, 7) is 4.26. The van der Waals surface area contributed by atoms with Crippen molar-refractivity contribution in [3.8, 4) is 5.82 Å². The zero-order valence-corrected chi connectivity index (χ0v) is 16.4. The van der Waals surface area contributed by atoms with Crippen LogP contribution in [0.25, 0.3) is 5.82 Å². The van der Waals surface area contributed by atoms with E-state index in [1.165, 1.54) is 5.56 Å². The highest BCUT2D eigenvalue weighted by molar-refractivity contribution is 5.98. The van der Waals surface area contributed by atoms with Crippen LogP contribution in [0.1, 0.15) is 28.7 Å². The number of aromatic nitrogens is 3. The molecule has 29 heavy (non-hydrogen) atoms. The first kappa shape index (κ1) is 18.9. The summed E-state index contributed by atoms with van der Waals surface area (Å²) < 4.78 is 1.55. The number of benzene rings is 1. The van der Waals surface area contributed by atoms with Gasteiger partial charge in [0.05, 0.1) is 18.0 Å². The second kappa shape index (κ2) is 8.26. The van der Waals surface area contributed by atoms with E-state index < -0.39 is 0 Å². The van der Waals surface area contributed by atoms with Crippen molar-refractivity contribution in [1.29, 1.82) is 0 Å². The fraction of sp³-hybridized carbons (Fsp3) is 0.273. The van der Waals surface area contributed by atoms with Crippen molar-refractivity contribution in [2.45, 2.75) is 26.4 Å². The maximum Gasteiger partial charge on any atom is 0.270 e. The van der Waals surface area contributed by atoms with Gasteiger partial charge in [0.2, 0.25) is 0 Å². The molecule has 2 aromatic heterocycles. The van der Waals surface area contributed by atoms with Gasteiger partial charge in [-0.25, -0.2) is 9.67 Å². The van der Waals surface area contributed by atoms with Gasteiger partial charge in [-0.15, -0.1) is 0 Å². The third-order valence-electron chi connectivity index (χ3n) is 5.03. The molecule has 1 aliphatic heterocycles. The minimum Gasteiger partial charge on any atom is -0.391 e. The fourth-order valence-electron chi connectivity index (χ4n) is 3.35. The highest BCUT2D eigenvalue weighted by Gasteiger charge is 2.30. The van der Waals surface area contributed by atoms with Crippen LogP contribution in [0.3, 0.4) is 0 Å². The number of nitrogens with zero attached hydrogens (tertiary/aromatic N) is 4. The standard InChI is InChI=1S/C22H23N5O2/c1-15-12-19(27(25-15)21-10-6-7-11-23-21)22(28)24-14-18-16(2)20(29-26-18)13-17-8-4-3-5-9-17/h3-12,16,20H,13-14H2,1-2H3,(H,24,28). The number of pyridine rings is 1. The van der Waals surface area contributed by atoms with Crippen LogP contribution in [0.2, 0.25) is 0 Å². The van der Waals surface area contributed by atoms with E-state index in [-0.39, 0.29) is 17.9 Å². The number of hydrogen-bond donors (Lipinski definition) is 1. The molecule has 1 aromatic carbocycles. The molecule has 0 saturated carbocycles. The Balaban J connectivity index is 1.39. The molecule has 2 unspecified atom stereocenters. The lowest BCUT2D eigenvalue weighted by Gasteiger charge is -2.15. The van der Waals surface area contributed by atoms with Gasteiger partial charge in [0.15, 0.2) is 5.82 Å². The number of carbonyl (C=O) groups is 1. The molecule has 0 fully saturated rings. The summed E-state index contributed by atoms with van der Waals surface area (Å²) in [5.74, 6) is 0.499. The zero-order valence-electron chi connectivity index (χ0n) is 16.4. The van der Waals surface area contributed by atoms with Crippen LogP contribution in [0.15, 0.2) is 65.9 Å². The monoisotopic (exact) mass is 389 g/mol. The summed E-state index contributed by atoms with van der Waals surface area (Å²) in [4.78, 5) is 22.7. The molecule has 3 heterocycles. The molecule has 2 atom stereocenters. The summed E-state index contributed by atoms with van der Waals surface area (Å²) >= 11 is 0. The molecule has 7 heteroatoms. The molecule has 4 rings (SSSR count). The number of rotatable bonds is 6. The Kier molecular flexibility index (Phi) is 5.37. The van der Waals surface area contributed by atoms with Crippen molar-refractivity contribution < 1.29 is 9.63 Å². The normalized spacial score (nSPS) is 18.2. The predicted molar refractivity (Wildman–Crippen MR) is 110 cm³/mol. The average Bonchev–Trinajstić information content (AvgIpc) is 3.31. The lowest BCUT2D eigenvalue weighted by molar-refractivity contribution is 0.0660. The molecule has 0 radical (unpaired) electrons. The highest BCUT2D eigenvalue weighted by atomic mass is 16.6. The van der Waals surface area contributed by atoms with E-state index in [2.05, 4.69) is 39.6 Å². The second-order valence-electron chi connectivity index (χ2n) is 7.16. The lowest BCUT2D eigenvalue weighted by atomic mass is 9.94. The minimum absolute atomic E-state index is 0.0226. The number of nitrogens with one attached hydrogen (secondary N) is 1. The quantitative estimate of drug-likeness (QED) is 0.703. The van der Waals surface area contributed by atoms with E-state index in [4.69, 9.17) is 4.84 Å². The van der Waals surface area contributed by atoms with E-state index in [0.717, 1.165) is 17.8 Å². The van der Waals surface area contributed by atoms with Crippen molar-refractivity contribution in [3.05, 3.63) is 77.7 Å². The maximum absolute atomic E-state index is 12.8. The first-order valence-corrected chi connectivity index (χ1v) is 9.64. The zero-order chi connectivity index (χ0) is 20.2. The van der Waals surface area contributed by atoms with Crippen LogP contribution in [0.5, 0.6) is 0 Å². The molecule has 0 bridgehead atoms. The fourth-order valence-corrected chi connectivity index (χ4v) is 3.35. The van der Waals surface area contributed by atoms with Crippen molar-refractivity contribution in [2.24, 2.45) is 11.1 Å². The summed E-state index contributed by atoms with van der Waals surface area (Å²) in [6, 6.07) is 17.4. The number of carbonyl (C=O) groups excluding carboxylic acids is 1. The van der Waals surface area contributed by atoms with Gasteiger partial charge in [-0.2, -0.15) is 5.10 Å². The van der Waals surface area contributed by atoms with Crippen LogP contribution in [0, 0.1) is 12.8 Å². The van der Waals surface area contributed by atoms with Gasteiger partial charge in [0.1, 0.15) is 11.8 Å². The molecule has 1 N–H and O–H groups in total. The van der Waals surface area contributed by atoms with Crippen LogP contribution >= 0.6 is 0 Å². The lowest BCUT2D eigenvalue weighted by Crippen LogP contribution is -2.34. The summed E-state index contributed by atoms with van der Waals surface area (Å²) in [7, 11) is 0. The number of aryl methyl sites for hydroxylation is 1. The third-order valence-corrected chi connectivity index (χ3v) is 5.03. The first-order chi connectivity index (χ1) is 14.1. The molecular weight excluding hydrogens is 366 g/mol. The third kappa shape index (κ3) is 4.18. The van der Waals surface area contributed by atoms with Crippen LogP contribution < -0.4 is 5.32 Å². The number of oxime groups is 1. The van der Waals surface area contributed by atoms with Gasteiger partial charge >= 0.3 is 0 Å². The topological polar surface area (TPSA) is 81.4 Å². The minimum atomic E-state index is -0.224. The molecule has 1 amide bonds. The van der Waals surface area contributed by atoms with E-state index >= 15 is 0 Å². The molecular formula is C22H23N5O2. The SMILES string of the molecule is Cc1cc(C(=O)NCC2=NOC(Cc3ccccc3)C2C)n(-c2ccccn2)n1. The predicted octanol–water partition coefficient (Wildman–Crippen LogP) is 2.94. The highest BCUT2D eigenvalue weighted by Crippen LogP contribution is 2.22. The van der Waals surface area contributed by atoms with E-state index in [1.54, 1.807) is 16.9 Å². The number of hydrogen-bond acceptors (Lipinski definition) is 5. The van der Waals surface area contributed by atoms with Crippen LogP contribution in [-0.2, 0) is 11.3 Å². The molecule has 7 nitrogen and oxygen atoms in total.